The van der Waals surface area contributed by atoms with Crippen LogP contribution in [0, 0.1) is 0 Å². The summed E-state index contributed by atoms with van der Waals surface area (Å²) in [4.78, 5) is 0. The van der Waals surface area contributed by atoms with Crippen molar-refractivity contribution < 1.29 is 13.6 Å². The molecule has 0 aliphatic carbocycles. The molecule has 0 heterocycles. The second-order valence-corrected chi connectivity index (χ2v) is 32.3. The van der Waals surface area contributed by atoms with Crippen LogP contribution >= 0.6 is 0 Å². The Bertz CT molecular complexity index is 2830. The molecule has 0 saturated heterocycles. The highest BCUT2D eigenvalue weighted by Crippen LogP contribution is 2.29. The number of oxime groups is 3. The molecule has 0 amide bonds. The third-order valence-corrected chi connectivity index (χ3v) is 25.3. The average Bonchev–Trinajstić information content (AvgIpc) is 3.53. The van der Waals surface area contributed by atoms with E-state index in [1.165, 1.54) is 50.1 Å². The van der Waals surface area contributed by atoms with Crippen molar-refractivity contribution in [3.05, 3.63) is 323 Å². The summed E-state index contributed by atoms with van der Waals surface area (Å²) in [6, 6.07) is 104. The van der Waals surface area contributed by atoms with Crippen LogP contribution in [0.25, 0.3) is 0 Å². The molecule has 6 nitrogen and oxygen atoms in total. The Balaban J connectivity index is 1.12. The van der Waals surface area contributed by atoms with E-state index in [0.717, 1.165) is 71.5 Å². The van der Waals surface area contributed by atoms with E-state index in [2.05, 4.69) is 287 Å². The lowest BCUT2D eigenvalue weighted by Crippen LogP contribution is -2.46. The number of hydrogen-bond acceptors (Lipinski definition) is 6. The van der Waals surface area contributed by atoms with Gasteiger partial charge in [-0.05, 0) is 63.9 Å². The van der Waals surface area contributed by atoms with Gasteiger partial charge in [-0.1, -0.05) is 273 Å². The van der Waals surface area contributed by atoms with Crippen LogP contribution in [0.5, 0.6) is 0 Å². The maximum atomic E-state index is 7.42. The predicted octanol–water partition coefficient (Wildman–Crippen LogP) is 15.8. The van der Waals surface area contributed by atoms with Crippen LogP contribution in [0.1, 0.15) is 76.8 Å². The number of rotatable bonds is 28. The van der Waals surface area contributed by atoms with Crippen LogP contribution in [0.4, 0.5) is 0 Å². The van der Waals surface area contributed by atoms with Crippen molar-refractivity contribution in [2.24, 2.45) is 15.5 Å². The quantitative estimate of drug-likeness (QED) is 0.0279. The van der Waals surface area contributed by atoms with E-state index in [9.17, 15) is 0 Å². The first kappa shape index (κ1) is 55.8. The topological polar surface area (TPSA) is 64.8 Å². The molecule has 9 aromatic carbocycles. The van der Waals surface area contributed by atoms with Crippen molar-refractivity contribution in [2.75, 3.05) is 0 Å². The minimum absolute atomic E-state index is 0.423. The maximum absolute atomic E-state index is 7.42. The molecule has 0 aliphatic rings. The normalized spacial score (nSPS) is 12.1. The van der Waals surface area contributed by atoms with Crippen molar-refractivity contribution in [2.45, 2.75) is 81.1 Å². The van der Waals surface area contributed by atoms with Gasteiger partial charge in [0, 0.05) is 67.2 Å². The molecule has 0 spiro atoms. The maximum Gasteiger partial charge on any atom is 0.300 e. The van der Waals surface area contributed by atoms with Gasteiger partial charge in [0.15, 0.2) is 0 Å². The predicted molar refractivity (Wildman–Crippen MR) is 335 cm³/mol. The van der Waals surface area contributed by atoms with E-state index in [0.29, 0.717) is 12.8 Å². The van der Waals surface area contributed by atoms with E-state index in [1.807, 2.05) is 0 Å². The molecule has 0 N–H and O–H groups in total. The number of benzene rings is 9. The van der Waals surface area contributed by atoms with Crippen molar-refractivity contribution in [3.8, 4) is 0 Å². The summed E-state index contributed by atoms with van der Waals surface area (Å²) in [5.41, 5.74) is 13.7. The Kier molecular flexibility index (Phi) is 20.2. The molecule has 0 saturated carbocycles. The van der Waals surface area contributed by atoms with Crippen LogP contribution < -0.4 is 0 Å². The standard InChI is InChI=1S/C70H73N3O3Si3/c1-59(71-74-77(50-61-30-12-3-13-31-61,51-62-32-14-4-15-33-62)52-63-34-16-5-17-35-63)48-70(73-76-79(56-67-42-24-9-25-43-67,57-68-44-26-10-27-45-68)58-69-46-28-11-29-47-69)49-60(2)72-75-78(53-64-36-18-6-19-37-64,54-65-38-20-7-21-39-65)55-66-40-22-8-23-41-66/h3-47H,48-58H2,1-2H3/b71-59+,72-60+. The molecule has 9 aromatic rings. The molecule has 0 unspecified atom stereocenters. The molecule has 79 heavy (non-hydrogen) atoms. The third kappa shape index (κ3) is 17.8. The van der Waals surface area contributed by atoms with Crippen molar-refractivity contribution in [1.29, 1.82) is 0 Å². The summed E-state index contributed by atoms with van der Waals surface area (Å²) in [6.45, 7) is 4.15. The molecular weight excluding hydrogens is 1020 g/mol. The van der Waals surface area contributed by atoms with E-state index < -0.39 is 25.0 Å². The highest BCUT2D eigenvalue weighted by atomic mass is 28.4. The minimum atomic E-state index is -2.86. The van der Waals surface area contributed by atoms with E-state index in [4.69, 9.17) is 29.0 Å². The van der Waals surface area contributed by atoms with Gasteiger partial charge in [0.2, 0.25) is 0 Å². The number of nitrogens with zero attached hydrogens (tertiary/aromatic N) is 3. The van der Waals surface area contributed by atoms with Crippen molar-refractivity contribution in [1.82, 2.24) is 0 Å². The lowest BCUT2D eigenvalue weighted by molar-refractivity contribution is 0.311. The lowest BCUT2D eigenvalue weighted by Gasteiger charge is -2.31. The second kappa shape index (κ2) is 28.6. The van der Waals surface area contributed by atoms with Gasteiger partial charge in [0.1, 0.15) is 0 Å². The molecule has 0 atom stereocenters. The lowest BCUT2D eigenvalue weighted by atomic mass is 10.1. The van der Waals surface area contributed by atoms with Gasteiger partial charge in [0.25, 0.3) is 25.0 Å². The largest absolute Gasteiger partial charge is 0.454 e. The van der Waals surface area contributed by atoms with Gasteiger partial charge in [-0.3, -0.25) is 0 Å². The zero-order valence-electron chi connectivity index (χ0n) is 45.8. The summed E-state index contributed by atoms with van der Waals surface area (Å²) in [7, 11) is -8.38. The fraction of sp³-hybridized carbons (Fsp3) is 0.186. The molecule has 0 fully saturated rings. The van der Waals surface area contributed by atoms with Crippen molar-refractivity contribution in [3.63, 3.8) is 0 Å². The summed E-state index contributed by atoms with van der Waals surface area (Å²) in [5, 5.41) is 15.8. The smallest absolute Gasteiger partial charge is 0.300 e. The molecule has 398 valence electrons. The molecule has 9 rings (SSSR count). The summed E-state index contributed by atoms with van der Waals surface area (Å²) < 4.78 is 21.9. The zero-order valence-corrected chi connectivity index (χ0v) is 48.8. The van der Waals surface area contributed by atoms with Crippen LogP contribution in [0.3, 0.4) is 0 Å². The first-order valence-corrected chi connectivity index (χ1v) is 35.4. The summed E-state index contributed by atoms with van der Waals surface area (Å²) in [5.74, 6) is 0. The average molecular weight is 1090 g/mol. The molecule has 0 bridgehead atoms. The first-order valence-electron chi connectivity index (χ1n) is 27.8. The minimum Gasteiger partial charge on any atom is -0.454 e. The van der Waals surface area contributed by atoms with Crippen LogP contribution in [-0.2, 0) is 68.0 Å². The Hall–Kier alpha value is -7.96. The second-order valence-electron chi connectivity index (χ2n) is 21.4. The van der Waals surface area contributed by atoms with E-state index >= 15 is 0 Å². The Labute approximate surface area is 472 Å². The van der Waals surface area contributed by atoms with E-state index in [1.54, 1.807) is 0 Å². The van der Waals surface area contributed by atoms with Gasteiger partial charge >= 0.3 is 0 Å². The fourth-order valence-electron chi connectivity index (χ4n) is 10.9. The molecule has 9 heteroatoms. The van der Waals surface area contributed by atoms with Gasteiger partial charge in [0.05, 0.1) is 17.1 Å². The summed E-state index contributed by atoms with van der Waals surface area (Å²) in [6.07, 6.45) is 0.846. The first-order chi connectivity index (χ1) is 38.8. The van der Waals surface area contributed by atoms with Gasteiger partial charge in [-0.2, -0.15) is 0 Å². The SMILES string of the molecule is C/C(CC(C/C(C)=N/O[Si](Cc1ccccc1)(Cc1ccccc1)Cc1ccccc1)=NO[Si](Cc1ccccc1)(Cc1ccccc1)Cc1ccccc1)=N\O[Si](Cc1ccccc1)(Cc1ccccc1)Cc1ccccc1. The highest BCUT2D eigenvalue weighted by molar-refractivity contribution is 6.73. The van der Waals surface area contributed by atoms with Gasteiger partial charge in [-0.25, -0.2) is 0 Å². The zero-order chi connectivity index (χ0) is 54.3. The Morgan fingerprint density at radius 3 is 0.557 bits per heavy atom. The Morgan fingerprint density at radius 1 is 0.241 bits per heavy atom. The van der Waals surface area contributed by atoms with Crippen LogP contribution in [-0.4, -0.2) is 42.1 Å². The summed E-state index contributed by atoms with van der Waals surface area (Å²) >= 11 is 0. The van der Waals surface area contributed by atoms with Crippen LogP contribution in [0.15, 0.2) is 288 Å². The molecule has 0 radical (unpaired) electrons. The van der Waals surface area contributed by atoms with Gasteiger partial charge in [-0.15, -0.1) is 15.5 Å². The molecule has 0 aromatic heterocycles. The number of hydrogen-bond donors (Lipinski definition) is 0. The van der Waals surface area contributed by atoms with Gasteiger partial charge < -0.3 is 13.6 Å². The highest BCUT2D eigenvalue weighted by Gasteiger charge is 2.42. The monoisotopic (exact) mass is 1090 g/mol. The molecular formula is C70H73N3O3Si3. The molecule has 0 aliphatic heterocycles. The Morgan fingerprint density at radius 2 is 0.392 bits per heavy atom. The van der Waals surface area contributed by atoms with Crippen molar-refractivity contribution >= 4 is 42.1 Å². The third-order valence-electron chi connectivity index (χ3n) is 14.4. The van der Waals surface area contributed by atoms with Crippen LogP contribution in [0.2, 0.25) is 0 Å². The van der Waals surface area contributed by atoms with E-state index in [-0.39, 0.29) is 0 Å². The fourth-order valence-corrected chi connectivity index (χ4v) is 22.4.